The zero-order chi connectivity index (χ0) is 21.8. The second-order valence-electron chi connectivity index (χ2n) is 6.86. The molecule has 158 valence electrons. The van der Waals surface area contributed by atoms with Gasteiger partial charge < -0.3 is 20.1 Å². The van der Waals surface area contributed by atoms with E-state index in [0.29, 0.717) is 22.9 Å². The molecule has 8 heteroatoms. The lowest BCUT2D eigenvalue weighted by molar-refractivity contribution is -0.116. The van der Waals surface area contributed by atoms with Gasteiger partial charge in [-0.25, -0.2) is 4.68 Å². The number of carbonyl (C=O) groups is 1. The van der Waals surface area contributed by atoms with Gasteiger partial charge in [-0.05, 0) is 38.1 Å². The minimum Gasteiger partial charge on any atom is -0.493 e. The third-order valence-corrected chi connectivity index (χ3v) is 4.96. The lowest BCUT2D eigenvalue weighted by atomic mass is 10.2. The van der Waals surface area contributed by atoms with Gasteiger partial charge in [-0.15, -0.1) is 0 Å². The molecule has 0 saturated carbocycles. The molecule has 1 aromatic heterocycles. The zero-order valence-electron chi connectivity index (χ0n) is 17.7. The normalized spacial score (nSPS) is 11.6. The monoisotopic (exact) mass is 410 g/mol. The summed E-state index contributed by atoms with van der Waals surface area (Å²) in [6, 6.07) is 13.8. The zero-order valence-corrected chi connectivity index (χ0v) is 17.7. The third-order valence-electron chi connectivity index (χ3n) is 4.96. The molecule has 0 aliphatic rings. The molecule has 3 aromatic rings. The van der Waals surface area contributed by atoms with E-state index < -0.39 is 6.04 Å². The van der Waals surface area contributed by atoms with Gasteiger partial charge in [0.1, 0.15) is 11.7 Å². The Kier molecular flexibility index (Phi) is 6.15. The second kappa shape index (κ2) is 8.77. The molecule has 0 spiro atoms. The van der Waals surface area contributed by atoms with Crippen molar-refractivity contribution in [1.29, 1.82) is 0 Å². The number of aromatic nitrogens is 2. The van der Waals surface area contributed by atoms with Crippen molar-refractivity contribution in [3.05, 3.63) is 64.6 Å². The fraction of sp³-hybridized carbons (Fsp3) is 0.273. The van der Waals surface area contributed by atoms with Crippen molar-refractivity contribution in [2.75, 3.05) is 24.9 Å². The number of carbonyl (C=O) groups excluding carboxylic acids is 1. The number of methoxy groups -OCH3 is 2. The van der Waals surface area contributed by atoms with Crippen LogP contribution in [0, 0.1) is 6.92 Å². The minimum absolute atomic E-state index is 0.216. The average molecular weight is 410 g/mol. The van der Waals surface area contributed by atoms with Crippen molar-refractivity contribution in [3.8, 4) is 17.2 Å². The van der Waals surface area contributed by atoms with Crippen LogP contribution in [0.1, 0.15) is 12.6 Å². The van der Waals surface area contributed by atoms with Gasteiger partial charge in [0.15, 0.2) is 11.5 Å². The summed E-state index contributed by atoms with van der Waals surface area (Å²) in [4.78, 5) is 25.7. The number of nitrogens with zero attached hydrogens (tertiary/aromatic N) is 2. The summed E-state index contributed by atoms with van der Waals surface area (Å²) in [5, 5.41) is 5.89. The number of benzene rings is 2. The predicted molar refractivity (Wildman–Crippen MR) is 117 cm³/mol. The second-order valence-corrected chi connectivity index (χ2v) is 6.86. The van der Waals surface area contributed by atoms with Crippen LogP contribution in [0.15, 0.2) is 53.3 Å². The van der Waals surface area contributed by atoms with Gasteiger partial charge in [0.25, 0.3) is 5.56 Å². The van der Waals surface area contributed by atoms with E-state index in [1.54, 1.807) is 41.6 Å². The lowest BCUT2D eigenvalue weighted by Gasteiger charge is -2.15. The molecular weight excluding hydrogens is 384 g/mol. The maximum absolute atomic E-state index is 13.0. The highest BCUT2D eigenvalue weighted by molar-refractivity contribution is 5.96. The number of rotatable bonds is 7. The first-order valence-corrected chi connectivity index (χ1v) is 9.50. The van der Waals surface area contributed by atoms with Gasteiger partial charge in [0, 0.05) is 18.8 Å². The van der Waals surface area contributed by atoms with Crippen molar-refractivity contribution >= 4 is 17.3 Å². The summed E-state index contributed by atoms with van der Waals surface area (Å²) in [7, 11) is 4.89. The maximum atomic E-state index is 13.0. The molecule has 1 amide bonds. The molecule has 0 radical (unpaired) electrons. The van der Waals surface area contributed by atoms with Crippen LogP contribution in [0.2, 0.25) is 0 Å². The Morgan fingerprint density at radius 1 is 1.03 bits per heavy atom. The predicted octanol–water partition coefficient (Wildman–Crippen LogP) is 2.94. The third kappa shape index (κ3) is 4.03. The molecule has 0 fully saturated rings. The molecule has 0 aliphatic heterocycles. The molecule has 3 rings (SSSR count). The van der Waals surface area contributed by atoms with Crippen LogP contribution in [0.4, 0.5) is 11.4 Å². The largest absolute Gasteiger partial charge is 0.493 e. The Hall–Kier alpha value is -3.68. The fourth-order valence-electron chi connectivity index (χ4n) is 3.18. The summed E-state index contributed by atoms with van der Waals surface area (Å²) < 4.78 is 13.8. The molecule has 0 saturated heterocycles. The molecule has 2 aromatic carbocycles. The van der Waals surface area contributed by atoms with Gasteiger partial charge in [-0.2, -0.15) is 0 Å². The van der Waals surface area contributed by atoms with Crippen LogP contribution in [-0.4, -0.2) is 35.5 Å². The van der Waals surface area contributed by atoms with Crippen LogP contribution in [0.25, 0.3) is 5.69 Å². The van der Waals surface area contributed by atoms with Crippen molar-refractivity contribution < 1.29 is 14.3 Å². The van der Waals surface area contributed by atoms with E-state index in [9.17, 15) is 9.59 Å². The quantitative estimate of drug-likeness (QED) is 0.625. The van der Waals surface area contributed by atoms with Gasteiger partial charge in [-0.1, -0.05) is 18.2 Å². The Morgan fingerprint density at radius 3 is 2.33 bits per heavy atom. The number of hydrogen-bond donors (Lipinski definition) is 2. The summed E-state index contributed by atoms with van der Waals surface area (Å²) in [5.41, 5.74) is 2.22. The highest BCUT2D eigenvalue weighted by Crippen LogP contribution is 2.29. The first-order valence-electron chi connectivity index (χ1n) is 9.50. The van der Waals surface area contributed by atoms with E-state index >= 15 is 0 Å². The van der Waals surface area contributed by atoms with Crippen molar-refractivity contribution in [2.24, 2.45) is 7.05 Å². The number of hydrogen-bond acceptors (Lipinski definition) is 5. The van der Waals surface area contributed by atoms with Gasteiger partial charge >= 0.3 is 0 Å². The summed E-state index contributed by atoms with van der Waals surface area (Å²) >= 11 is 0. The highest BCUT2D eigenvalue weighted by Gasteiger charge is 2.21. The van der Waals surface area contributed by atoms with Crippen LogP contribution < -0.4 is 25.7 Å². The Labute approximate surface area is 175 Å². The molecule has 30 heavy (non-hydrogen) atoms. The van der Waals surface area contributed by atoms with E-state index in [4.69, 9.17) is 9.47 Å². The van der Waals surface area contributed by atoms with Crippen molar-refractivity contribution in [2.45, 2.75) is 19.9 Å². The van der Waals surface area contributed by atoms with Crippen LogP contribution in [-0.2, 0) is 11.8 Å². The fourth-order valence-corrected chi connectivity index (χ4v) is 3.18. The van der Waals surface area contributed by atoms with E-state index in [1.807, 2.05) is 44.3 Å². The summed E-state index contributed by atoms with van der Waals surface area (Å²) in [6.45, 7) is 3.54. The molecule has 2 N–H and O–H groups in total. The van der Waals surface area contributed by atoms with E-state index in [0.717, 1.165) is 11.4 Å². The van der Waals surface area contributed by atoms with E-state index in [2.05, 4.69) is 10.6 Å². The minimum atomic E-state index is -0.642. The number of para-hydroxylation sites is 1. The summed E-state index contributed by atoms with van der Waals surface area (Å²) in [6.07, 6.45) is 0. The Bertz CT molecular complexity index is 1100. The molecule has 8 nitrogen and oxygen atoms in total. The van der Waals surface area contributed by atoms with Gasteiger partial charge in [0.2, 0.25) is 5.91 Å². The maximum Gasteiger partial charge on any atom is 0.295 e. The number of ether oxygens (including phenoxy) is 2. The molecule has 1 atom stereocenters. The molecule has 0 aliphatic carbocycles. The van der Waals surface area contributed by atoms with Gasteiger partial charge in [-0.3, -0.25) is 14.3 Å². The number of amides is 1. The smallest absolute Gasteiger partial charge is 0.295 e. The topological polar surface area (TPSA) is 86.5 Å². The number of anilines is 2. The molecule has 0 bridgehead atoms. The first kappa shape index (κ1) is 21.0. The van der Waals surface area contributed by atoms with Crippen molar-refractivity contribution in [1.82, 2.24) is 9.36 Å². The van der Waals surface area contributed by atoms with Crippen molar-refractivity contribution in [3.63, 3.8) is 0 Å². The Morgan fingerprint density at radius 2 is 1.70 bits per heavy atom. The first-order chi connectivity index (χ1) is 14.4. The van der Waals surface area contributed by atoms with Crippen LogP contribution in [0.3, 0.4) is 0 Å². The van der Waals surface area contributed by atoms with Crippen LogP contribution in [0.5, 0.6) is 11.5 Å². The number of nitrogens with one attached hydrogen (secondary N) is 2. The average Bonchev–Trinajstić information content (AvgIpc) is 2.97. The SMILES string of the molecule is COc1ccc(NC(=O)C(C)Nc2c(C)n(C)n(-c3ccccc3)c2=O)cc1OC. The van der Waals surface area contributed by atoms with Crippen LogP contribution >= 0.6 is 0 Å². The Balaban J connectivity index is 1.80. The lowest BCUT2D eigenvalue weighted by Crippen LogP contribution is -2.34. The van der Waals surface area contributed by atoms with E-state index in [1.165, 1.54) is 7.11 Å². The summed E-state index contributed by atoms with van der Waals surface area (Å²) in [5.74, 6) is 0.805. The molecule has 1 unspecified atom stereocenters. The van der Waals surface area contributed by atoms with Gasteiger partial charge in [0.05, 0.1) is 25.6 Å². The molecule has 1 heterocycles. The standard InChI is InChI=1S/C22H26N4O4/c1-14(21(27)24-16-11-12-18(29-4)19(13-16)30-5)23-20-15(2)25(3)26(22(20)28)17-9-7-6-8-10-17/h6-14,23H,1-5H3,(H,24,27). The molecular formula is C22H26N4O4. The highest BCUT2D eigenvalue weighted by atomic mass is 16.5. The van der Waals surface area contributed by atoms with E-state index in [-0.39, 0.29) is 11.5 Å².